The Morgan fingerprint density at radius 3 is 2.80 bits per heavy atom. The van der Waals surface area contributed by atoms with Crippen LogP contribution < -0.4 is 10.1 Å². The molecule has 1 unspecified atom stereocenters. The van der Waals surface area contributed by atoms with E-state index >= 15 is 0 Å². The lowest BCUT2D eigenvalue weighted by Gasteiger charge is -2.18. The summed E-state index contributed by atoms with van der Waals surface area (Å²) in [6, 6.07) is 4.45. The minimum Gasteiger partial charge on any atom is -0.489 e. The quantitative estimate of drug-likeness (QED) is 0.878. The Morgan fingerprint density at radius 1 is 1.35 bits per heavy atom. The van der Waals surface area contributed by atoms with Gasteiger partial charge < -0.3 is 10.1 Å². The predicted molar refractivity (Wildman–Crippen MR) is 84.6 cm³/mol. The molecule has 3 nitrogen and oxygen atoms in total. The second-order valence-corrected chi connectivity index (χ2v) is 5.95. The zero-order chi connectivity index (χ0) is 14.5. The van der Waals surface area contributed by atoms with Crippen molar-refractivity contribution in [1.29, 1.82) is 0 Å². The van der Waals surface area contributed by atoms with Crippen molar-refractivity contribution in [2.24, 2.45) is 0 Å². The zero-order valence-electron chi connectivity index (χ0n) is 12.5. The first-order chi connectivity index (χ1) is 9.65. The van der Waals surface area contributed by atoms with E-state index < -0.39 is 0 Å². The molecule has 0 saturated carbocycles. The normalized spacial score (nSPS) is 12.7. The first-order valence-electron chi connectivity index (χ1n) is 7.00. The molecule has 0 amide bonds. The highest BCUT2D eigenvalue weighted by Crippen LogP contribution is 2.31. The first kappa shape index (κ1) is 15.0. The maximum atomic E-state index is 5.74. The number of hydrogen-bond acceptors (Lipinski definition) is 4. The van der Waals surface area contributed by atoms with Crippen LogP contribution in [0.25, 0.3) is 0 Å². The van der Waals surface area contributed by atoms with Gasteiger partial charge in [-0.2, -0.15) is 0 Å². The van der Waals surface area contributed by atoms with Gasteiger partial charge in [0.25, 0.3) is 0 Å². The Bertz CT molecular complexity index is 551. The van der Waals surface area contributed by atoms with E-state index in [1.165, 1.54) is 10.4 Å². The molecule has 20 heavy (non-hydrogen) atoms. The fourth-order valence-electron chi connectivity index (χ4n) is 2.27. The number of rotatable bonds is 6. The summed E-state index contributed by atoms with van der Waals surface area (Å²) in [4.78, 5) is 5.67. The van der Waals surface area contributed by atoms with Crippen LogP contribution in [0.15, 0.2) is 29.9 Å². The molecule has 0 bridgehead atoms. The Hall–Kier alpha value is -1.39. The second kappa shape index (κ2) is 6.86. The molecule has 2 aromatic rings. The Morgan fingerprint density at radius 2 is 2.15 bits per heavy atom. The van der Waals surface area contributed by atoms with Gasteiger partial charge >= 0.3 is 0 Å². The SMILES string of the molecule is CCc1ccsc1C(NC)c1cncc(OC(C)C)c1. The van der Waals surface area contributed by atoms with Gasteiger partial charge in [0.1, 0.15) is 5.75 Å². The van der Waals surface area contributed by atoms with Gasteiger partial charge in [-0.25, -0.2) is 0 Å². The molecule has 0 saturated heterocycles. The first-order valence-corrected chi connectivity index (χ1v) is 7.88. The van der Waals surface area contributed by atoms with Crippen LogP contribution in [0.3, 0.4) is 0 Å². The van der Waals surface area contributed by atoms with Crippen LogP contribution in [0, 0.1) is 0 Å². The molecule has 0 aliphatic carbocycles. The third-order valence-corrected chi connectivity index (χ3v) is 4.18. The van der Waals surface area contributed by atoms with Crippen LogP contribution in [0.4, 0.5) is 0 Å². The Kier molecular flexibility index (Phi) is 5.15. The molecule has 0 aliphatic rings. The molecule has 108 valence electrons. The molecule has 2 rings (SSSR count). The van der Waals surface area contributed by atoms with E-state index in [2.05, 4.69) is 34.7 Å². The third-order valence-electron chi connectivity index (χ3n) is 3.15. The molecule has 0 radical (unpaired) electrons. The molecule has 2 aromatic heterocycles. The van der Waals surface area contributed by atoms with Gasteiger partial charge in [-0.3, -0.25) is 4.98 Å². The van der Waals surface area contributed by atoms with Crippen molar-refractivity contribution in [3.8, 4) is 5.75 Å². The van der Waals surface area contributed by atoms with E-state index in [0.717, 1.165) is 17.7 Å². The monoisotopic (exact) mass is 290 g/mol. The van der Waals surface area contributed by atoms with Crippen molar-refractivity contribution >= 4 is 11.3 Å². The molecule has 0 spiro atoms. The number of aryl methyl sites for hydroxylation is 1. The summed E-state index contributed by atoms with van der Waals surface area (Å²) in [5, 5.41) is 5.54. The average Bonchev–Trinajstić information content (AvgIpc) is 2.87. The van der Waals surface area contributed by atoms with Gasteiger partial charge in [-0.1, -0.05) is 6.92 Å². The highest BCUT2D eigenvalue weighted by molar-refractivity contribution is 7.10. The van der Waals surface area contributed by atoms with Gasteiger partial charge in [0.15, 0.2) is 0 Å². The lowest BCUT2D eigenvalue weighted by molar-refractivity contribution is 0.241. The summed E-state index contributed by atoms with van der Waals surface area (Å²) in [5.74, 6) is 0.826. The molecule has 0 fully saturated rings. The standard InChI is InChI=1S/C16H22N2OS/c1-5-12-6-7-20-16(12)15(17-4)13-8-14(10-18-9-13)19-11(2)3/h6-11,15,17H,5H2,1-4H3. The minimum absolute atomic E-state index is 0.160. The lowest BCUT2D eigenvalue weighted by atomic mass is 10.0. The second-order valence-electron chi connectivity index (χ2n) is 5.01. The number of ether oxygens (including phenoxy) is 1. The molecule has 1 N–H and O–H groups in total. The van der Waals surface area contributed by atoms with Crippen molar-refractivity contribution < 1.29 is 4.74 Å². The van der Waals surface area contributed by atoms with Crippen molar-refractivity contribution in [1.82, 2.24) is 10.3 Å². The van der Waals surface area contributed by atoms with Gasteiger partial charge in [0, 0.05) is 11.1 Å². The smallest absolute Gasteiger partial charge is 0.138 e. The molecule has 0 aliphatic heterocycles. The summed E-state index contributed by atoms with van der Waals surface area (Å²) < 4.78 is 5.74. The van der Waals surface area contributed by atoms with Gasteiger partial charge in [-0.05, 0) is 56.0 Å². The van der Waals surface area contributed by atoms with E-state index in [1.807, 2.05) is 27.1 Å². The van der Waals surface area contributed by atoms with E-state index in [0.29, 0.717) is 0 Å². The molecule has 4 heteroatoms. The summed E-state index contributed by atoms with van der Waals surface area (Å²) in [6.45, 7) is 6.24. The Balaban J connectivity index is 2.32. The molecule has 2 heterocycles. The van der Waals surface area contributed by atoms with Crippen LogP contribution in [0.1, 0.15) is 42.8 Å². The number of nitrogens with one attached hydrogen (secondary N) is 1. The minimum atomic E-state index is 0.160. The van der Waals surface area contributed by atoms with Crippen LogP contribution in [-0.4, -0.2) is 18.1 Å². The van der Waals surface area contributed by atoms with Crippen molar-refractivity contribution in [2.75, 3.05) is 7.05 Å². The molecular formula is C16H22N2OS. The molecule has 0 aromatic carbocycles. The Labute approximate surface area is 125 Å². The van der Waals surface area contributed by atoms with Crippen molar-refractivity contribution in [3.63, 3.8) is 0 Å². The lowest BCUT2D eigenvalue weighted by Crippen LogP contribution is -2.18. The van der Waals surface area contributed by atoms with Gasteiger partial charge in [0.2, 0.25) is 0 Å². The highest BCUT2D eigenvalue weighted by Gasteiger charge is 2.17. The summed E-state index contributed by atoms with van der Waals surface area (Å²) in [5.41, 5.74) is 2.53. The highest BCUT2D eigenvalue weighted by atomic mass is 32.1. The van der Waals surface area contributed by atoms with E-state index in [1.54, 1.807) is 17.5 Å². The summed E-state index contributed by atoms with van der Waals surface area (Å²) in [7, 11) is 1.99. The summed E-state index contributed by atoms with van der Waals surface area (Å²) in [6.07, 6.45) is 4.89. The number of nitrogens with zero attached hydrogens (tertiary/aromatic N) is 1. The van der Waals surface area contributed by atoms with E-state index in [4.69, 9.17) is 4.74 Å². The van der Waals surface area contributed by atoms with Crippen molar-refractivity contribution in [2.45, 2.75) is 39.3 Å². The van der Waals surface area contributed by atoms with E-state index in [9.17, 15) is 0 Å². The predicted octanol–water partition coefficient (Wildman–Crippen LogP) is 3.80. The third kappa shape index (κ3) is 3.38. The van der Waals surface area contributed by atoms with Crippen LogP contribution >= 0.6 is 11.3 Å². The zero-order valence-corrected chi connectivity index (χ0v) is 13.3. The molecule has 1 atom stereocenters. The van der Waals surface area contributed by atoms with Crippen LogP contribution in [-0.2, 0) is 6.42 Å². The number of aromatic nitrogens is 1. The van der Waals surface area contributed by atoms with Crippen LogP contribution in [0.5, 0.6) is 5.75 Å². The number of pyridine rings is 1. The maximum Gasteiger partial charge on any atom is 0.138 e. The number of hydrogen-bond donors (Lipinski definition) is 1. The van der Waals surface area contributed by atoms with Crippen molar-refractivity contribution in [3.05, 3.63) is 45.9 Å². The topological polar surface area (TPSA) is 34.2 Å². The van der Waals surface area contributed by atoms with Gasteiger partial charge in [0.05, 0.1) is 18.3 Å². The fraction of sp³-hybridized carbons (Fsp3) is 0.438. The van der Waals surface area contributed by atoms with Gasteiger partial charge in [-0.15, -0.1) is 11.3 Å². The van der Waals surface area contributed by atoms with E-state index in [-0.39, 0.29) is 12.1 Å². The maximum absolute atomic E-state index is 5.74. The largest absolute Gasteiger partial charge is 0.489 e. The number of thiophene rings is 1. The summed E-state index contributed by atoms with van der Waals surface area (Å²) >= 11 is 1.79. The fourth-order valence-corrected chi connectivity index (χ4v) is 3.40. The average molecular weight is 290 g/mol. The molecular weight excluding hydrogens is 268 g/mol. The van der Waals surface area contributed by atoms with Crippen LogP contribution in [0.2, 0.25) is 0 Å².